The Kier molecular flexibility index (Phi) is 5.41. The van der Waals surface area contributed by atoms with Crippen LogP contribution in [0.1, 0.15) is 48.9 Å². The predicted octanol–water partition coefficient (Wildman–Crippen LogP) is 4.88. The van der Waals surface area contributed by atoms with Crippen molar-refractivity contribution in [3.05, 3.63) is 54.4 Å². The van der Waals surface area contributed by atoms with Crippen LogP contribution < -0.4 is 0 Å². The van der Waals surface area contributed by atoms with Crippen LogP contribution in [0.5, 0.6) is 0 Å². The summed E-state index contributed by atoms with van der Waals surface area (Å²) in [6.45, 7) is 0.507. The standard InChI is InChI=1S/C20H23NO2/c22-20(23-14-12-16-7-3-1-4-8-16)19-15-21-13-11-18(19)17-9-5-2-6-10-17/h2,5-6,9-11,13,15-16H,1,3-4,7-8,12,14H2. The average molecular weight is 309 g/mol. The number of rotatable bonds is 5. The third-order valence-electron chi connectivity index (χ3n) is 4.61. The quantitative estimate of drug-likeness (QED) is 0.739. The summed E-state index contributed by atoms with van der Waals surface area (Å²) in [6.07, 6.45) is 10.8. The summed E-state index contributed by atoms with van der Waals surface area (Å²) in [7, 11) is 0. The number of pyridine rings is 1. The van der Waals surface area contributed by atoms with Crippen molar-refractivity contribution in [3.8, 4) is 11.1 Å². The molecular weight excluding hydrogens is 286 g/mol. The molecule has 0 amide bonds. The van der Waals surface area contributed by atoms with Gasteiger partial charge < -0.3 is 4.74 Å². The zero-order valence-corrected chi connectivity index (χ0v) is 13.4. The molecule has 0 unspecified atom stereocenters. The van der Waals surface area contributed by atoms with Gasteiger partial charge in [0.2, 0.25) is 0 Å². The van der Waals surface area contributed by atoms with Gasteiger partial charge in [-0.15, -0.1) is 0 Å². The molecule has 1 aromatic carbocycles. The molecule has 23 heavy (non-hydrogen) atoms. The van der Waals surface area contributed by atoms with Crippen LogP contribution in [0.15, 0.2) is 48.8 Å². The Labute approximate surface area is 137 Å². The number of esters is 1. The number of ether oxygens (including phenoxy) is 1. The third-order valence-corrected chi connectivity index (χ3v) is 4.61. The molecule has 1 fully saturated rings. The van der Waals surface area contributed by atoms with Gasteiger partial charge in [0.1, 0.15) is 0 Å². The van der Waals surface area contributed by atoms with Gasteiger partial charge in [0.05, 0.1) is 12.2 Å². The Morgan fingerprint density at radius 2 is 1.87 bits per heavy atom. The lowest BCUT2D eigenvalue weighted by Crippen LogP contribution is -2.13. The van der Waals surface area contributed by atoms with E-state index in [2.05, 4.69) is 4.98 Å². The lowest BCUT2D eigenvalue weighted by Gasteiger charge is -2.21. The minimum absolute atomic E-state index is 0.271. The predicted molar refractivity (Wildman–Crippen MR) is 91.1 cm³/mol. The fraction of sp³-hybridized carbons (Fsp3) is 0.400. The van der Waals surface area contributed by atoms with Gasteiger partial charge in [0.25, 0.3) is 0 Å². The van der Waals surface area contributed by atoms with Crippen molar-refractivity contribution >= 4 is 5.97 Å². The van der Waals surface area contributed by atoms with Gasteiger partial charge >= 0.3 is 5.97 Å². The van der Waals surface area contributed by atoms with E-state index in [1.165, 1.54) is 32.1 Å². The molecular formula is C20H23NO2. The van der Waals surface area contributed by atoms with Gasteiger partial charge in [-0.3, -0.25) is 4.98 Å². The van der Waals surface area contributed by atoms with Crippen molar-refractivity contribution in [2.45, 2.75) is 38.5 Å². The fourth-order valence-corrected chi connectivity index (χ4v) is 3.30. The minimum Gasteiger partial charge on any atom is -0.462 e. The Morgan fingerprint density at radius 3 is 2.65 bits per heavy atom. The molecule has 1 aromatic heterocycles. The molecule has 2 aromatic rings. The van der Waals surface area contributed by atoms with Crippen molar-refractivity contribution in [2.75, 3.05) is 6.61 Å². The molecule has 0 atom stereocenters. The van der Waals surface area contributed by atoms with Gasteiger partial charge in [0.15, 0.2) is 0 Å². The van der Waals surface area contributed by atoms with E-state index in [0.29, 0.717) is 12.2 Å². The van der Waals surface area contributed by atoms with E-state index < -0.39 is 0 Å². The maximum Gasteiger partial charge on any atom is 0.340 e. The summed E-state index contributed by atoms with van der Waals surface area (Å²) in [5.74, 6) is 0.451. The maximum atomic E-state index is 12.4. The van der Waals surface area contributed by atoms with Crippen LogP contribution >= 0.6 is 0 Å². The number of hydrogen-bond acceptors (Lipinski definition) is 3. The highest BCUT2D eigenvalue weighted by molar-refractivity contribution is 5.96. The second kappa shape index (κ2) is 7.91. The molecule has 0 saturated heterocycles. The van der Waals surface area contributed by atoms with Crippen LogP contribution in [0.3, 0.4) is 0 Å². The largest absolute Gasteiger partial charge is 0.462 e. The zero-order chi connectivity index (χ0) is 15.9. The van der Waals surface area contributed by atoms with Crippen molar-refractivity contribution in [1.29, 1.82) is 0 Å². The summed E-state index contributed by atoms with van der Waals surface area (Å²) < 4.78 is 5.51. The van der Waals surface area contributed by atoms with E-state index in [1.807, 2.05) is 36.4 Å². The fourth-order valence-electron chi connectivity index (χ4n) is 3.30. The van der Waals surface area contributed by atoms with E-state index in [9.17, 15) is 4.79 Å². The molecule has 0 radical (unpaired) electrons. The first-order valence-corrected chi connectivity index (χ1v) is 8.51. The maximum absolute atomic E-state index is 12.4. The highest BCUT2D eigenvalue weighted by atomic mass is 16.5. The Balaban J connectivity index is 1.63. The topological polar surface area (TPSA) is 39.2 Å². The molecule has 1 saturated carbocycles. The van der Waals surface area contributed by atoms with Crippen molar-refractivity contribution in [2.24, 2.45) is 5.92 Å². The highest BCUT2D eigenvalue weighted by Crippen LogP contribution is 2.27. The molecule has 0 spiro atoms. The molecule has 3 rings (SSSR count). The summed E-state index contributed by atoms with van der Waals surface area (Å²) in [4.78, 5) is 16.5. The van der Waals surface area contributed by atoms with Gasteiger partial charge in [-0.1, -0.05) is 62.4 Å². The number of carbonyl (C=O) groups is 1. The van der Waals surface area contributed by atoms with Crippen molar-refractivity contribution < 1.29 is 9.53 Å². The second-order valence-electron chi connectivity index (χ2n) is 6.22. The van der Waals surface area contributed by atoms with E-state index in [4.69, 9.17) is 4.74 Å². The number of carbonyl (C=O) groups excluding carboxylic acids is 1. The normalized spacial score (nSPS) is 15.3. The molecule has 3 nitrogen and oxygen atoms in total. The van der Waals surface area contributed by atoms with Crippen molar-refractivity contribution in [3.63, 3.8) is 0 Å². The van der Waals surface area contributed by atoms with Crippen molar-refractivity contribution in [1.82, 2.24) is 4.98 Å². The van der Waals surface area contributed by atoms with Crippen LogP contribution in [-0.4, -0.2) is 17.6 Å². The van der Waals surface area contributed by atoms with Crippen LogP contribution in [0.4, 0.5) is 0 Å². The van der Waals surface area contributed by atoms with Gasteiger partial charge in [-0.05, 0) is 29.5 Å². The average Bonchev–Trinajstić information content (AvgIpc) is 2.63. The smallest absolute Gasteiger partial charge is 0.340 e. The first kappa shape index (κ1) is 15.7. The number of hydrogen-bond donors (Lipinski definition) is 0. The Hall–Kier alpha value is -2.16. The third kappa shape index (κ3) is 4.19. The first-order chi connectivity index (χ1) is 11.3. The van der Waals surface area contributed by atoms with Crippen LogP contribution in [0.25, 0.3) is 11.1 Å². The van der Waals surface area contributed by atoms with Gasteiger partial charge in [0, 0.05) is 12.4 Å². The highest BCUT2D eigenvalue weighted by Gasteiger charge is 2.17. The number of nitrogens with zero attached hydrogens (tertiary/aromatic N) is 1. The molecule has 3 heteroatoms. The summed E-state index contributed by atoms with van der Waals surface area (Å²) >= 11 is 0. The molecule has 1 aliphatic rings. The summed E-state index contributed by atoms with van der Waals surface area (Å²) in [5, 5.41) is 0. The Bertz CT molecular complexity index is 633. The van der Waals surface area contributed by atoms with E-state index >= 15 is 0 Å². The second-order valence-corrected chi connectivity index (χ2v) is 6.22. The van der Waals surface area contributed by atoms with E-state index in [-0.39, 0.29) is 5.97 Å². The lowest BCUT2D eigenvalue weighted by molar-refractivity contribution is 0.0475. The zero-order valence-electron chi connectivity index (χ0n) is 13.4. The van der Waals surface area contributed by atoms with Gasteiger partial charge in [-0.25, -0.2) is 4.79 Å². The van der Waals surface area contributed by atoms with Gasteiger partial charge in [-0.2, -0.15) is 0 Å². The molecule has 0 aliphatic heterocycles. The van der Waals surface area contributed by atoms with Crippen LogP contribution in [0, 0.1) is 5.92 Å². The molecule has 120 valence electrons. The van der Waals surface area contributed by atoms with Crippen LogP contribution in [0.2, 0.25) is 0 Å². The Morgan fingerprint density at radius 1 is 1.09 bits per heavy atom. The lowest BCUT2D eigenvalue weighted by atomic mass is 9.87. The summed E-state index contributed by atoms with van der Waals surface area (Å²) in [5.41, 5.74) is 2.43. The molecule has 1 aliphatic carbocycles. The molecule has 1 heterocycles. The molecule has 0 bridgehead atoms. The molecule has 0 N–H and O–H groups in total. The first-order valence-electron chi connectivity index (χ1n) is 8.51. The number of aromatic nitrogens is 1. The van der Waals surface area contributed by atoms with Crippen LogP contribution in [-0.2, 0) is 4.74 Å². The number of benzene rings is 1. The SMILES string of the molecule is O=C(OCCC1CCCCC1)c1cnccc1-c1ccccc1. The van der Waals surface area contributed by atoms with E-state index in [1.54, 1.807) is 12.4 Å². The van der Waals surface area contributed by atoms with E-state index in [0.717, 1.165) is 23.5 Å². The monoisotopic (exact) mass is 309 g/mol. The minimum atomic E-state index is -0.271. The summed E-state index contributed by atoms with van der Waals surface area (Å²) in [6, 6.07) is 11.8.